The SMILES string of the molecule is CCN(CC(=O)Nc1ccccc1OC)C(=O)c1cccn(Cc2ccccc2)c1=O. The van der Waals surface area contributed by atoms with Gasteiger partial charge in [0.2, 0.25) is 5.91 Å². The van der Waals surface area contributed by atoms with Gasteiger partial charge in [-0.15, -0.1) is 0 Å². The van der Waals surface area contributed by atoms with Crippen molar-refractivity contribution in [3.63, 3.8) is 0 Å². The van der Waals surface area contributed by atoms with E-state index in [2.05, 4.69) is 5.32 Å². The van der Waals surface area contributed by atoms with Crippen molar-refractivity contribution in [2.75, 3.05) is 25.5 Å². The van der Waals surface area contributed by atoms with Crippen LogP contribution < -0.4 is 15.6 Å². The second-order valence-electron chi connectivity index (χ2n) is 6.91. The summed E-state index contributed by atoms with van der Waals surface area (Å²) in [7, 11) is 1.52. The first-order valence-electron chi connectivity index (χ1n) is 9.99. The molecule has 0 saturated heterocycles. The van der Waals surface area contributed by atoms with Crippen LogP contribution in [0.3, 0.4) is 0 Å². The standard InChI is InChI=1S/C24H25N3O4/c1-3-26(17-22(28)25-20-13-7-8-14-21(20)31-2)23(29)19-12-9-15-27(24(19)30)16-18-10-5-4-6-11-18/h4-15H,3,16-17H2,1-2H3,(H,25,28). The number of hydrogen-bond donors (Lipinski definition) is 1. The molecular formula is C24H25N3O4. The van der Waals surface area contributed by atoms with Gasteiger partial charge in [0.25, 0.3) is 11.5 Å². The van der Waals surface area contributed by atoms with E-state index in [-0.39, 0.29) is 30.1 Å². The topological polar surface area (TPSA) is 80.6 Å². The fourth-order valence-electron chi connectivity index (χ4n) is 3.21. The summed E-state index contributed by atoms with van der Waals surface area (Å²) in [6.45, 7) is 2.23. The minimum absolute atomic E-state index is 0.0328. The smallest absolute Gasteiger partial charge is 0.263 e. The highest BCUT2D eigenvalue weighted by Crippen LogP contribution is 2.22. The number of likely N-dealkylation sites (N-methyl/N-ethyl adjacent to an activating group) is 1. The maximum atomic E-state index is 13.0. The van der Waals surface area contributed by atoms with Crippen LogP contribution in [0.2, 0.25) is 0 Å². The largest absolute Gasteiger partial charge is 0.495 e. The molecule has 0 aliphatic rings. The molecule has 2 amide bonds. The van der Waals surface area contributed by atoms with Gasteiger partial charge in [-0.2, -0.15) is 0 Å². The molecule has 0 atom stereocenters. The number of para-hydroxylation sites is 2. The second kappa shape index (κ2) is 10.2. The molecule has 3 aromatic rings. The average Bonchev–Trinajstić information content (AvgIpc) is 2.79. The Balaban J connectivity index is 1.75. The van der Waals surface area contributed by atoms with Crippen molar-refractivity contribution >= 4 is 17.5 Å². The number of amides is 2. The van der Waals surface area contributed by atoms with E-state index < -0.39 is 5.91 Å². The lowest BCUT2D eigenvalue weighted by Gasteiger charge is -2.21. The fourth-order valence-corrected chi connectivity index (χ4v) is 3.21. The van der Waals surface area contributed by atoms with E-state index in [1.54, 1.807) is 43.5 Å². The average molecular weight is 419 g/mol. The van der Waals surface area contributed by atoms with E-state index in [0.717, 1.165) is 5.56 Å². The van der Waals surface area contributed by atoms with Crippen LogP contribution in [0.15, 0.2) is 77.7 Å². The zero-order valence-corrected chi connectivity index (χ0v) is 17.6. The van der Waals surface area contributed by atoms with Crippen LogP contribution in [0.4, 0.5) is 5.69 Å². The first-order valence-corrected chi connectivity index (χ1v) is 9.99. The molecule has 0 spiro atoms. The van der Waals surface area contributed by atoms with Gasteiger partial charge in [0, 0.05) is 12.7 Å². The Morgan fingerprint density at radius 1 is 1.00 bits per heavy atom. The van der Waals surface area contributed by atoms with E-state index in [9.17, 15) is 14.4 Å². The molecule has 0 unspecified atom stereocenters. The molecule has 1 heterocycles. The molecule has 0 bridgehead atoms. The molecule has 2 aromatic carbocycles. The Bertz CT molecular complexity index is 1110. The summed E-state index contributed by atoms with van der Waals surface area (Å²) < 4.78 is 6.72. The molecule has 0 aliphatic carbocycles. The molecule has 160 valence electrons. The molecule has 0 saturated carbocycles. The highest BCUT2D eigenvalue weighted by atomic mass is 16.5. The monoisotopic (exact) mass is 419 g/mol. The van der Waals surface area contributed by atoms with Crippen LogP contribution in [0.25, 0.3) is 0 Å². The molecule has 0 aliphatic heterocycles. The van der Waals surface area contributed by atoms with E-state index >= 15 is 0 Å². The number of carbonyl (C=O) groups is 2. The van der Waals surface area contributed by atoms with E-state index in [1.807, 2.05) is 30.3 Å². The van der Waals surface area contributed by atoms with E-state index in [0.29, 0.717) is 18.0 Å². The minimum atomic E-state index is -0.481. The number of hydrogen-bond acceptors (Lipinski definition) is 4. The van der Waals surface area contributed by atoms with Gasteiger partial charge < -0.3 is 19.5 Å². The van der Waals surface area contributed by atoms with Crippen molar-refractivity contribution in [3.8, 4) is 5.75 Å². The summed E-state index contributed by atoms with van der Waals surface area (Å²) in [6, 6.07) is 19.7. The number of nitrogens with zero attached hydrogens (tertiary/aromatic N) is 2. The van der Waals surface area contributed by atoms with Crippen molar-refractivity contribution in [2.45, 2.75) is 13.5 Å². The zero-order chi connectivity index (χ0) is 22.2. The van der Waals surface area contributed by atoms with Gasteiger partial charge in [0.1, 0.15) is 17.9 Å². The lowest BCUT2D eigenvalue weighted by Crippen LogP contribution is -2.41. The summed E-state index contributed by atoms with van der Waals surface area (Å²) in [5.74, 6) is -0.331. The molecule has 7 nitrogen and oxygen atoms in total. The van der Waals surface area contributed by atoms with Crippen LogP contribution in [0.1, 0.15) is 22.8 Å². The van der Waals surface area contributed by atoms with Gasteiger partial charge in [0.15, 0.2) is 0 Å². The molecule has 0 fully saturated rings. The summed E-state index contributed by atoms with van der Waals surface area (Å²) in [5, 5.41) is 2.75. The third kappa shape index (κ3) is 5.39. The minimum Gasteiger partial charge on any atom is -0.495 e. The number of anilines is 1. The van der Waals surface area contributed by atoms with Crippen molar-refractivity contribution < 1.29 is 14.3 Å². The molecule has 0 radical (unpaired) electrons. The number of pyridine rings is 1. The summed E-state index contributed by atoms with van der Waals surface area (Å²) in [4.78, 5) is 39.8. The Hall–Kier alpha value is -3.87. The van der Waals surface area contributed by atoms with Gasteiger partial charge >= 0.3 is 0 Å². The number of carbonyl (C=O) groups excluding carboxylic acids is 2. The van der Waals surface area contributed by atoms with Gasteiger partial charge in [-0.05, 0) is 36.8 Å². The molecular weight excluding hydrogens is 394 g/mol. The second-order valence-corrected chi connectivity index (χ2v) is 6.91. The number of ether oxygens (including phenoxy) is 1. The van der Waals surface area contributed by atoms with Crippen molar-refractivity contribution in [3.05, 3.63) is 94.4 Å². The number of aromatic nitrogens is 1. The van der Waals surface area contributed by atoms with Crippen LogP contribution >= 0.6 is 0 Å². The zero-order valence-electron chi connectivity index (χ0n) is 17.6. The molecule has 1 N–H and O–H groups in total. The highest BCUT2D eigenvalue weighted by Gasteiger charge is 2.21. The Kier molecular flexibility index (Phi) is 7.22. The Morgan fingerprint density at radius 3 is 2.42 bits per heavy atom. The number of nitrogens with one attached hydrogen (secondary N) is 1. The van der Waals surface area contributed by atoms with Crippen LogP contribution in [0, 0.1) is 0 Å². The molecule has 1 aromatic heterocycles. The third-order valence-corrected chi connectivity index (χ3v) is 4.83. The number of methoxy groups -OCH3 is 1. The van der Waals surface area contributed by atoms with Gasteiger partial charge in [-0.3, -0.25) is 14.4 Å². The number of rotatable bonds is 8. The molecule has 7 heteroatoms. The maximum absolute atomic E-state index is 13.0. The summed E-state index contributed by atoms with van der Waals surface area (Å²) in [5.41, 5.74) is 1.12. The predicted octanol–water partition coefficient (Wildman–Crippen LogP) is 3.01. The van der Waals surface area contributed by atoms with Gasteiger partial charge in [-0.1, -0.05) is 42.5 Å². The quantitative estimate of drug-likeness (QED) is 0.609. The van der Waals surface area contributed by atoms with E-state index in [1.165, 1.54) is 22.6 Å². The van der Waals surface area contributed by atoms with Crippen molar-refractivity contribution in [1.29, 1.82) is 0 Å². The van der Waals surface area contributed by atoms with Gasteiger partial charge in [-0.25, -0.2) is 0 Å². The van der Waals surface area contributed by atoms with Crippen LogP contribution in [-0.4, -0.2) is 41.5 Å². The van der Waals surface area contributed by atoms with Gasteiger partial charge in [0.05, 0.1) is 19.3 Å². The normalized spacial score (nSPS) is 10.4. The summed E-state index contributed by atoms with van der Waals surface area (Å²) in [6.07, 6.45) is 1.65. The van der Waals surface area contributed by atoms with E-state index in [4.69, 9.17) is 4.74 Å². The number of benzene rings is 2. The predicted molar refractivity (Wildman–Crippen MR) is 119 cm³/mol. The lowest BCUT2D eigenvalue weighted by atomic mass is 10.2. The van der Waals surface area contributed by atoms with Crippen molar-refractivity contribution in [1.82, 2.24) is 9.47 Å². The summed E-state index contributed by atoms with van der Waals surface area (Å²) >= 11 is 0. The molecule has 31 heavy (non-hydrogen) atoms. The lowest BCUT2D eigenvalue weighted by molar-refractivity contribution is -0.116. The van der Waals surface area contributed by atoms with Crippen LogP contribution in [-0.2, 0) is 11.3 Å². The highest BCUT2D eigenvalue weighted by molar-refractivity contribution is 5.99. The van der Waals surface area contributed by atoms with Crippen molar-refractivity contribution in [2.24, 2.45) is 0 Å². The first-order chi connectivity index (χ1) is 15.0. The first kappa shape index (κ1) is 21.8. The Morgan fingerprint density at radius 2 is 1.71 bits per heavy atom. The maximum Gasteiger partial charge on any atom is 0.263 e. The third-order valence-electron chi connectivity index (χ3n) is 4.83. The Labute approximate surface area is 180 Å². The molecule has 3 rings (SSSR count). The van der Waals surface area contributed by atoms with Crippen LogP contribution in [0.5, 0.6) is 5.75 Å². The fraction of sp³-hybridized carbons (Fsp3) is 0.208.